The number of imidazole rings is 1. The molecular weight excluding hydrogens is 262 g/mol. The molecule has 0 bridgehead atoms. The Bertz CT molecular complexity index is 670. The Morgan fingerprint density at radius 2 is 2.25 bits per heavy atom. The molecule has 0 amide bonds. The second-order valence-electron chi connectivity index (χ2n) is 4.00. The van der Waals surface area contributed by atoms with Gasteiger partial charge in [-0.25, -0.2) is 13.8 Å². The first kappa shape index (κ1) is 13.8. The lowest BCUT2D eigenvalue weighted by molar-refractivity contribution is 0.324. The molecule has 5 heteroatoms. The lowest BCUT2D eigenvalue weighted by atomic mass is 10.1. The van der Waals surface area contributed by atoms with Gasteiger partial charge in [-0.1, -0.05) is 5.92 Å². The van der Waals surface area contributed by atoms with E-state index in [4.69, 9.17) is 11.2 Å². The zero-order valence-corrected chi connectivity index (χ0v) is 10.8. The second kappa shape index (κ2) is 6.02. The van der Waals surface area contributed by atoms with Gasteiger partial charge in [-0.2, -0.15) is 0 Å². The van der Waals surface area contributed by atoms with Crippen LogP contribution in [0.3, 0.4) is 0 Å². The van der Waals surface area contributed by atoms with E-state index in [-0.39, 0.29) is 17.9 Å². The van der Waals surface area contributed by atoms with E-state index in [1.807, 2.05) is 0 Å². The second-order valence-corrected chi connectivity index (χ2v) is 4.00. The molecule has 0 N–H and O–H groups in total. The van der Waals surface area contributed by atoms with Crippen LogP contribution in [0.15, 0.2) is 36.9 Å². The van der Waals surface area contributed by atoms with Crippen molar-refractivity contribution in [1.82, 2.24) is 9.55 Å². The van der Waals surface area contributed by atoms with Crippen molar-refractivity contribution < 1.29 is 13.5 Å². The molecule has 1 heterocycles. The number of allylic oxidation sites excluding steroid dienone is 1. The molecule has 2 rings (SSSR count). The van der Waals surface area contributed by atoms with Gasteiger partial charge in [0.2, 0.25) is 0 Å². The highest BCUT2D eigenvalue weighted by molar-refractivity contribution is 5.78. The summed E-state index contributed by atoms with van der Waals surface area (Å²) in [5.74, 6) is 1.21. The number of terminal acetylenes is 1. The molecule has 0 aliphatic heterocycles. The predicted molar refractivity (Wildman–Crippen MR) is 72.2 cm³/mol. The Morgan fingerprint density at radius 1 is 1.45 bits per heavy atom. The van der Waals surface area contributed by atoms with Gasteiger partial charge in [0.05, 0.1) is 17.6 Å². The van der Waals surface area contributed by atoms with Crippen molar-refractivity contribution in [2.24, 2.45) is 0 Å². The van der Waals surface area contributed by atoms with Gasteiger partial charge in [-0.15, -0.1) is 6.42 Å². The van der Waals surface area contributed by atoms with E-state index >= 15 is 0 Å². The fourth-order valence-electron chi connectivity index (χ4n) is 1.74. The number of hydrogen-bond acceptors (Lipinski definition) is 2. The van der Waals surface area contributed by atoms with Crippen LogP contribution in [0.2, 0.25) is 0 Å². The highest BCUT2D eigenvalue weighted by Crippen LogP contribution is 2.25. The molecule has 2 aromatic rings. The van der Waals surface area contributed by atoms with Crippen LogP contribution in [0.4, 0.5) is 8.78 Å². The van der Waals surface area contributed by atoms with Crippen molar-refractivity contribution in [3.8, 4) is 12.3 Å². The van der Waals surface area contributed by atoms with Gasteiger partial charge in [0, 0.05) is 18.5 Å². The van der Waals surface area contributed by atoms with E-state index in [1.165, 1.54) is 12.1 Å². The smallest absolute Gasteiger partial charge is 0.150 e. The predicted octanol–water partition coefficient (Wildman–Crippen LogP) is 3.16. The van der Waals surface area contributed by atoms with E-state index < -0.39 is 11.6 Å². The van der Waals surface area contributed by atoms with Gasteiger partial charge in [0.1, 0.15) is 24.0 Å². The molecule has 0 saturated carbocycles. The Kier molecular flexibility index (Phi) is 4.16. The van der Waals surface area contributed by atoms with Gasteiger partial charge < -0.3 is 9.30 Å². The molecule has 0 unspecified atom stereocenters. The first-order valence-corrected chi connectivity index (χ1v) is 5.84. The zero-order chi connectivity index (χ0) is 14.5. The maximum Gasteiger partial charge on any atom is 0.150 e. The van der Waals surface area contributed by atoms with Crippen molar-refractivity contribution in [3.05, 3.63) is 54.1 Å². The SMILES string of the molecule is C#CCOC(=C(C)n1ccnc1)c1ccc(F)cc1F. The number of ether oxygens (including phenoxy) is 1. The summed E-state index contributed by atoms with van der Waals surface area (Å²) in [6.07, 6.45) is 9.99. The number of benzene rings is 1. The van der Waals surface area contributed by atoms with Crippen LogP contribution < -0.4 is 0 Å². The third-order valence-electron chi connectivity index (χ3n) is 2.70. The van der Waals surface area contributed by atoms with Gasteiger partial charge in [-0.05, 0) is 19.1 Å². The summed E-state index contributed by atoms with van der Waals surface area (Å²) in [6, 6.07) is 3.28. The number of nitrogens with zero attached hydrogens (tertiary/aromatic N) is 2. The van der Waals surface area contributed by atoms with Crippen molar-refractivity contribution in [2.45, 2.75) is 6.92 Å². The molecule has 0 aliphatic rings. The molecule has 0 saturated heterocycles. The third kappa shape index (κ3) is 2.86. The number of halogens is 2. The van der Waals surface area contributed by atoms with Crippen LogP contribution in [-0.4, -0.2) is 16.2 Å². The first-order chi connectivity index (χ1) is 9.63. The lowest BCUT2D eigenvalue weighted by Gasteiger charge is -2.14. The molecule has 1 aromatic carbocycles. The fourth-order valence-corrected chi connectivity index (χ4v) is 1.74. The van der Waals surface area contributed by atoms with Gasteiger partial charge in [0.15, 0.2) is 0 Å². The van der Waals surface area contributed by atoms with E-state index in [0.717, 1.165) is 6.07 Å². The maximum absolute atomic E-state index is 13.9. The fraction of sp³-hybridized carbons (Fsp3) is 0.133. The molecule has 0 spiro atoms. The van der Waals surface area contributed by atoms with Gasteiger partial charge in [0.25, 0.3) is 0 Å². The summed E-state index contributed by atoms with van der Waals surface area (Å²) in [4.78, 5) is 3.92. The van der Waals surface area contributed by atoms with Gasteiger partial charge >= 0.3 is 0 Å². The molecule has 0 fully saturated rings. The van der Waals surface area contributed by atoms with E-state index in [9.17, 15) is 8.78 Å². The highest BCUT2D eigenvalue weighted by Gasteiger charge is 2.14. The number of hydrogen-bond donors (Lipinski definition) is 0. The van der Waals surface area contributed by atoms with Gasteiger partial charge in [-0.3, -0.25) is 0 Å². The topological polar surface area (TPSA) is 27.1 Å². The summed E-state index contributed by atoms with van der Waals surface area (Å²) >= 11 is 0. The zero-order valence-electron chi connectivity index (χ0n) is 10.8. The van der Waals surface area contributed by atoms with Crippen LogP contribution in [-0.2, 0) is 4.74 Å². The van der Waals surface area contributed by atoms with Crippen LogP contribution in [0.5, 0.6) is 0 Å². The molecule has 102 valence electrons. The van der Waals surface area contributed by atoms with Crippen LogP contribution >= 0.6 is 0 Å². The summed E-state index contributed by atoms with van der Waals surface area (Å²) < 4.78 is 34.0. The molecule has 20 heavy (non-hydrogen) atoms. The monoisotopic (exact) mass is 274 g/mol. The Balaban J connectivity index is 2.53. The van der Waals surface area contributed by atoms with Crippen molar-refractivity contribution in [2.75, 3.05) is 6.61 Å². The lowest BCUT2D eigenvalue weighted by Crippen LogP contribution is -2.02. The van der Waals surface area contributed by atoms with E-state index in [1.54, 1.807) is 30.2 Å². The summed E-state index contributed by atoms with van der Waals surface area (Å²) in [5, 5.41) is 0. The summed E-state index contributed by atoms with van der Waals surface area (Å²) in [6.45, 7) is 1.72. The summed E-state index contributed by atoms with van der Waals surface area (Å²) in [5.41, 5.74) is 0.746. The Morgan fingerprint density at radius 3 is 2.85 bits per heavy atom. The minimum atomic E-state index is -0.712. The van der Waals surface area contributed by atoms with E-state index in [2.05, 4.69) is 10.9 Å². The summed E-state index contributed by atoms with van der Waals surface area (Å²) in [7, 11) is 0. The van der Waals surface area contributed by atoms with Crippen molar-refractivity contribution in [1.29, 1.82) is 0 Å². The average molecular weight is 274 g/mol. The molecule has 0 aliphatic carbocycles. The molecule has 0 atom stereocenters. The first-order valence-electron chi connectivity index (χ1n) is 5.84. The number of aromatic nitrogens is 2. The minimum absolute atomic E-state index is 0.0157. The van der Waals surface area contributed by atoms with E-state index in [0.29, 0.717) is 5.70 Å². The van der Waals surface area contributed by atoms with Crippen LogP contribution in [0.1, 0.15) is 12.5 Å². The average Bonchev–Trinajstić information content (AvgIpc) is 2.94. The minimum Gasteiger partial charge on any atom is -0.478 e. The van der Waals surface area contributed by atoms with Crippen LogP contribution in [0.25, 0.3) is 11.5 Å². The molecule has 3 nitrogen and oxygen atoms in total. The highest BCUT2D eigenvalue weighted by atomic mass is 19.1. The quantitative estimate of drug-likeness (QED) is 0.632. The normalized spacial score (nSPS) is 11.7. The Labute approximate surface area is 115 Å². The molecular formula is C15H12F2N2O. The maximum atomic E-state index is 13.9. The van der Waals surface area contributed by atoms with Crippen LogP contribution in [0, 0.1) is 24.0 Å². The largest absolute Gasteiger partial charge is 0.478 e. The van der Waals surface area contributed by atoms with Crippen molar-refractivity contribution in [3.63, 3.8) is 0 Å². The third-order valence-corrected chi connectivity index (χ3v) is 2.70. The standard InChI is InChI=1S/C15H12F2N2O/c1-3-8-20-15(11(2)19-7-6-18-10-19)13-5-4-12(16)9-14(13)17/h1,4-7,9-10H,8H2,2H3. The molecule has 1 aromatic heterocycles. The van der Waals surface area contributed by atoms with Crippen molar-refractivity contribution >= 4 is 11.5 Å². The Hall–Kier alpha value is -2.61. The number of rotatable bonds is 4. The molecule has 0 radical (unpaired) electrons.